The molecule has 0 bridgehead atoms. The summed E-state index contributed by atoms with van der Waals surface area (Å²) in [4.78, 5) is 4.06. The molecule has 0 saturated heterocycles. The number of oxazole rings is 1. The minimum Gasteiger partial charge on any atom is -0.443 e. The van der Waals surface area contributed by atoms with Crippen molar-refractivity contribution in [3.8, 4) is 22.7 Å². The molecule has 78 valence electrons. The van der Waals surface area contributed by atoms with E-state index in [4.69, 9.17) is 8.94 Å². The second-order valence-electron chi connectivity index (χ2n) is 3.28. The summed E-state index contributed by atoms with van der Waals surface area (Å²) in [6.45, 7) is 0. The van der Waals surface area contributed by atoms with Crippen molar-refractivity contribution in [2.45, 2.75) is 0 Å². The van der Waals surface area contributed by atoms with E-state index in [1.54, 1.807) is 12.5 Å². The summed E-state index contributed by atoms with van der Waals surface area (Å²) >= 11 is 0. The van der Waals surface area contributed by atoms with Crippen LogP contribution in [-0.2, 0) is 0 Å². The zero-order chi connectivity index (χ0) is 10.8. The SMILES string of the molecule is c1ccc(-c2conc2-c2ncco2)cc1. The van der Waals surface area contributed by atoms with Crippen molar-refractivity contribution in [1.29, 1.82) is 0 Å². The van der Waals surface area contributed by atoms with Gasteiger partial charge in [0.15, 0.2) is 5.69 Å². The van der Waals surface area contributed by atoms with Crippen molar-refractivity contribution >= 4 is 0 Å². The summed E-state index contributed by atoms with van der Waals surface area (Å²) in [6, 6.07) is 9.85. The maximum Gasteiger partial charge on any atom is 0.249 e. The molecular formula is C12H8N2O2. The number of hydrogen-bond donors (Lipinski definition) is 0. The fourth-order valence-electron chi connectivity index (χ4n) is 1.55. The first-order valence-electron chi connectivity index (χ1n) is 4.85. The molecule has 0 atom stereocenters. The second kappa shape index (κ2) is 3.66. The van der Waals surface area contributed by atoms with E-state index in [0.717, 1.165) is 11.1 Å². The normalized spacial score (nSPS) is 10.5. The fourth-order valence-corrected chi connectivity index (χ4v) is 1.55. The van der Waals surface area contributed by atoms with Gasteiger partial charge in [-0.3, -0.25) is 0 Å². The Morgan fingerprint density at radius 1 is 1.06 bits per heavy atom. The Bertz CT molecular complexity index is 570. The molecular weight excluding hydrogens is 204 g/mol. The Labute approximate surface area is 91.5 Å². The molecule has 1 aromatic carbocycles. The van der Waals surface area contributed by atoms with Crippen LogP contribution in [0.2, 0.25) is 0 Å². The lowest BCUT2D eigenvalue weighted by molar-refractivity contribution is 0.419. The van der Waals surface area contributed by atoms with E-state index in [0.29, 0.717) is 11.6 Å². The lowest BCUT2D eigenvalue weighted by Gasteiger charge is -1.96. The topological polar surface area (TPSA) is 52.1 Å². The maximum absolute atomic E-state index is 5.21. The van der Waals surface area contributed by atoms with Crippen molar-refractivity contribution < 1.29 is 8.94 Å². The molecule has 2 aromatic heterocycles. The first-order valence-corrected chi connectivity index (χ1v) is 4.85. The van der Waals surface area contributed by atoms with Gasteiger partial charge in [0.1, 0.15) is 12.5 Å². The van der Waals surface area contributed by atoms with Crippen LogP contribution in [0.25, 0.3) is 22.7 Å². The number of nitrogens with zero attached hydrogens (tertiary/aromatic N) is 2. The smallest absolute Gasteiger partial charge is 0.249 e. The van der Waals surface area contributed by atoms with E-state index in [9.17, 15) is 0 Å². The molecule has 0 amide bonds. The van der Waals surface area contributed by atoms with Gasteiger partial charge in [0.25, 0.3) is 0 Å². The quantitative estimate of drug-likeness (QED) is 0.655. The molecule has 3 rings (SSSR count). The van der Waals surface area contributed by atoms with Gasteiger partial charge in [-0.2, -0.15) is 0 Å². The molecule has 2 heterocycles. The first kappa shape index (κ1) is 8.91. The van der Waals surface area contributed by atoms with Crippen LogP contribution in [0.4, 0.5) is 0 Å². The highest BCUT2D eigenvalue weighted by Crippen LogP contribution is 2.29. The molecule has 4 nitrogen and oxygen atoms in total. The van der Waals surface area contributed by atoms with Gasteiger partial charge >= 0.3 is 0 Å². The fraction of sp³-hybridized carbons (Fsp3) is 0. The van der Waals surface area contributed by atoms with Crippen LogP contribution in [0.5, 0.6) is 0 Å². The van der Waals surface area contributed by atoms with Crippen LogP contribution < -0.4 is 0 Å². The monoisotopic (exact) mass is 212 g/mol. The number of hydrogen-bond acceptors (Lipinski definition) is 4. The highest BCUT2D eigenvalue weighted by Gasteiger charge is 2.15. The van der Waals surface area contributed by atoms with E-state index in [-0.39, 0.29) is 0 Å². The Hall–Kier alpha value is -2.36. The van der Waals surface area contributed by atoms with Gasteiger partial charge in [-0.25, -0.2) is 4.98 Å². The van der Waals surface area contributed by atoms with Crippen LogP contribution >= 0.6 is 0 Å². The summed E-state index contributed by atoms with van der Waals surface area (Å²) in [5.74, 6) is 0.465. The first-order chi connectivity index (χ1) is 7.95. The lowest BCUT2D eigenvalue weighted by Crippen LogP contribution is -1.81. The van der Waals surface area contributed by atoms with Gasteiger partial charge in [0.05, 0.1) is 11.8 Å². The van der Waals surface area contributed by atoms with Crippen LogP contribution in [0.1, 0.15) is 0 Å². The maximum atomic E-state index is 5.21. The van der Waals surface area contributed by atoms with Crippen molar-refractivity contribution in [3.63, 3.8) is 0 Å². The minimum atomic E-state index is 0.465. The number of aromatic nitrogens is 2. The van der Waals surface area contributed by atoms with E-state index < -0.39 is 0 Å². The Kier molecular flexibility index (Phi) is 2.04. The van der Waals surface area contributed by atoms with Gasteiger partial charge in [-0.1, -0.05) is 35.5 Å². The van der Waals surface area contributed by atoms with Gasteiger partial charge < -0.3 is 8.94 Å². The molecule has 0 unspecified atom stereocenters. The van der Waals surface area contributed by atoms with Crippen molar-refractivity contribution in [2.75, 3.05) is 0 Å². The molecule has 0 spiro atoms. The van der Waals surface area contributed by atoms with Crippen molar-refractivity contribution in [1.82, 2.24) is 10.1 Å². The van der Waals surface area contributed by atoms with E-state index in [1.807, 2.05) is 30.3 Å². The van der Waals surface area contributed by atoms with Crippen LogP contribution in [0.15, 0.2) is 58.0 Å². The third-order valence-corrected chi connectivity index (χ3v) is 2.29. The third kappa shape index (κ3) is 1.40. The molecule has 0 radical (unpaired) electrons. The molecule has 0 saturated carbocycles. The third-order valence-electron chi connectivity index (χ3n) is 2.29. The summed E-state index contributed by atoms with van der Waals surface area (Å²) < 4.78 is 10.2. The molecule has 0 aliphatic carbocycles. The molecule has 3 aromatic rings. The van der Waals surface area contributed by atoms with Gasteiger partial charge in [-0.15, -0.1) is 0 Å². The van der Waals surface area contributed by atoms with Crippen molar-refractivity contribution in [3.05, 3.63) is 49.1 Å². The van der Waals surface area contributed by atoms with Crippen molar-refractivity contribution in [2.24, 2.45) is 0 Å². The van der Waals surface area contributed by atoms with Crippen LogP contribution in [-0.4, -0.2) is 10.1 Å². The zero-order valence-electron chi connectivity index (χ0n) is 8.33. The Morgan fingerprint density at radius 3 is 2.69 bits per heavy atom. The molecule has 0 aliphatic heterocycles. The largest absolute Gasteiger partial charge is 0.443 e. The molecule has 0 N–H and O–H groups in total. The Morgan fingerprint density at radius 2 is 1.94 bits per heavy atom. The summed E-state index contributed by atoms with van der Waals surface area (Å²) in [5, 5.41) is 3.90. The summed E-state index contributed by atoms with van der Waals surface area (Å²) in [7, 11) is 0. The number of rotatable bonds is 2. The molecule has 0 fully saturated rings. The molecule has 16 heavy (non-hydrogen) atoms. The van der Waals surface area contributed by atoms with Gasteiger partial charge in [-0.05, 0) is 5.56 Å². The average molecular weight is 212 g/mol. The molecule has 0 aliphatic rings. The highest BCUT2D eigenvalue weighted by molar-refractivity contribution is 5.75. The predicted octanol–water partition coefficient (Wildman–Crippen LogP) is 3.00. The lowest BCUT2D eigenvalue weighted by atomic mass is 10.1. The highest BCUT2D eigenvalue weighted by atomic mass is 16.5. The summed E-state index contributed by atoms with van der Waals surface area (Å²) in [5.41, 5.74) is 2.52. The van der Waals surface area contributed by atoms with Gasteiger partial charge in [0, 0.05) is 0 Å². The molecule has 4 heteroatoms. The van der Waals surface area contributed by atoms with E-state index in [2.05, 4.69) is 10.1 Å². The van der Waals surface area contributed by atoms with Crippen LogP contribution in [0.3, 0.4) is 0 Å². The number of benzene rings is 1. The zero-order valence-corrected chi connectivity index (χ0v) is 8.33. The minimum absolute atomic E-state index is 0.465. The second-order valence-corrected chi connectivity index (χ2v) is 3.28. The van der Waals surface area contributed by atoms with Crippen LogP contribution in [0, 0.1) is 0 Å². The Balaban J connectivity index is 2.14. The summed E-state index contributed by atoms with van der Waals surface area (Å²) in [6.07, 6.45) is 4.69. The van der Waals surface area contributed by atoms with Gasteiger partial charge in [0.2, 0.25) is 5.89 Å². The predicted molar refractivity (Wildman–Crippen MR) is 57.4 cm³/mol. The standard InChI is InChI=1S/C12H8N2O2/c1-2-4-9(5-3-1)10-8-16-14-11(10)12-13-6-7-15-12/h1-8H. The average Bonchev–Trinajstić information content (AvgIpc) is 3.01. The van der Waals surface area contributed by atoms with E-state index >= 15 is 0 Å². The van der Waals surface area contributed by atoms with E-state index in [1.165, 1.54) is 6.26 Å².